The minimum absolute atomic E-state index is 0.00421. The maximum absolute atomic E-state index is 12.9. The second-order valence-corrected chi connectivity index (χ2v) is 7.62. The summed E-state index contributed by atoms with van der Waals surface area (Å²) in [6.07, 6.45) is 3.57. The fourth-order valence-corrected chi connectivity index (χ4v) is 4.37. The summed E-state index contributed by atoms with van der Waals surface area (Å²) in [4.78, 5) is 14.8. The smallest absolute Gasteiger partial charge is 0.253 e. The molecule has 1 aromatic heterocycles. The Bertz CT molecular complexity index is 1060. The standard InChI is InChI=1S/C23H22N2O3/c1-16-15-17(8-9-19(16)26)22(27)24-13-10-23(11-14-24)21-7-4-12-25(21)18-5-2-3-6-20(18)28-23/h2-9,12,15,26H,10-11,13-14H2,1H3. The molecule has 1 amide bonds. The Morgan fingerprint density at radius 3 is 2.64 bits per heavy atom. The lowest BCUT2D eigenvalue weighted by Crippen LogP contribution is -2.50. The van der Waals surface area contributed by atoms with Gasteiger partial charge in [0.2, 0.25) is 0 Å². The lowest BCUT2D eigenvalue weighted by atomic mass is 9.86. The number of phenolic OH excluding ortho intramolecular Hbond substituents is 1. The van der Waals surface area contributed by atoms with Crippen molar-refractivity contribution in [1.82, 2.24) is 9.47 Å². The molecule has 142 valence electrons. The Balaban J connectivity index is 1.40. The average Bonchev–Trinajstić information content (AvgIpc) is 3.22. The molecule has 1 spiro atoms. The molecular weight excluding hydrogens is 352 g/mol. The van der Waals surface area contributed by atoms with Crippen LogP contribution in [0.4, 0.5) is 0 Å². The molecule has 1 N–H and O–H groups in total. The molecule has 0 bridgehead atoms. The van der Waals surface area contributed by atoms with Crippen molar-refractivity contribution in [3.8, 4) is 17.2 Å². The van der Waals surface area contributed by atoms with E-state index >= 15 is 0 Å². The first-order valence-corrected chi connectivity index (χ1v) is 9.63. The minimum atomic E-state index is -0.403. The van der Waals surface area contributed by atoms with Crippen molar-refractivity contribution >= 4 is 5.91 Å². The number of benzene rings is 2. The molecule has 2 aliphatic rings. The van der Waals surface area contributed by atoms with Crippen LogP contribution in [0.2, 0.25) is 0 Å². The molecule has 0 radical (unpaired) electrons. The molecule has 5 rings (SSSR count). The van der Waals surface area contributed by atoms with Gasteiger partial charge in [-0.3, -0.25) is 4.79 Å². The van der Waals surface area contributed by atoms with Crippen LogP contribution < -0.4 is 4.74 Å². The van der Waals surface area contributed by atoms with Gasteiger partial charge >= 0.3 is 0 Å². The number of amides is 1. The van der Waals surface area contributed by atoms with E-state index in [1.807, 2.05) is 23.1 Å². The van der Waals surface area contributed by atoms with Crippen LogP contribution in [-0.2, 0) is 5.60 Å². The number of aryl methyl sites for hydroxylation is 1. The van der Waals surface area contributed by atoms with Gasteiger partial charge in [-0.05, 0) is 55.0 Å². The van der Waals surface area contributed by atoms with Crippen LogP contribution in [-0.4, -0.2) is 33.6 Å². The third-order valence-electron chi connectivity index (χ3n) is 5.95. The number of hydrogen-bond donors (Lipinski definition) is 1. The zero-order chi connectivity index (χ0) is 19.3. The Morgan fingerprint density at radius 1 is 1.07 bits per heavy atom. The lowest BCUT2D eigenvalue weighted by Gasteiger charge is -2.45. The van der Waals surface area contributed by atoms with Crippen molar-refractivity contribution in [1.29, 1.82) is 0 Å². The third kappa shape index (κ3) is 2.50. The van der Waals surface area contributed by atoms with E-state index in [0.717, 1.165) is 30.0 Å². The van der Waals surface area contributed by atoms with E-state index in [2.05, 4.69) is 29.0 Å². The number of fused-ring (bicyclic) bond motifs is 4. The van der Waals surface area contributed by atoms with E-state index in [4.69, 9.17) is 4.74 Å². The Kier molecular flexibility index (Phi) is 3.72. The summed E-state index contributed by atoms with van der Waals surface area (Å²) in [6.45, 7) is 3.07. The number of carbonyl (C=O) groups excluding carboxylic acids is 1. The second kappa shape index (κ2) is 6.16. The van der Waals surface area contributed by atoms with Gasteiger partial charge in [0.1, 0.15) is 11.5 Å². The molecule has 28 heavy (non-hydrogen) atoms. The maximum atomic E-state index is 12.9. The van der Waals surface area contributed by atoms with Gasteiger partial charge in [0, 0.05) is 37.7 Å². The topological polar surface area (TPSA) is 54.7 Å². The first-order chi connectivity index (χ1) is 13.6. The van der Waals surface area contributed by atoms with Crippen molar-refractivity contribution in [3.63, 3.8) is 0 Å². The molecule has 3 heterocycles. The van der Waals surface area contributed by atoms with Crippen LogP contribution in [0.25, 0.3) is 5.69 Å². The number of para-hydroxylation sites is 2. The summed E-state index contributed by atoms with van der Waals surface area (Å²) in [5.41, 5.74) is 3.14. The highest BCUT2D eigenvalue weighted by molar-refractivity contribution is 5.94. The number of phenols is 1. The van der Waals surface area contributed by atoms with Crippen molar-refractivity contribution in [2.24, 2.45) is 0 Å². The number of hydrogen-bond acceptors (Lipinski definition) is 3. The van der Waals surface area contributed by atoms with E-state index in [1.165, 1.54) is 0 Å². The summed E-state index contributed by atoms with van der Waals surface area (Å²) in [7, 11) is 0. The molecule has 2 aromatic carbocycles. The summed E-state index contributed by atoms with van der Waals surface area (Å²) in [6, 6.07) is 17.3. The van der Waals surface area contributed by atoms with E-state index in [0.29, 0.717) is 24.2 Å². The number of likely N-dealkylation sites (tertiary alicyclic amines) is 1. The second-order valence-electron chi connectivity index (χ2n) is 7.62. The number of piperidine rings is 1. The van der Waals surface area contributed by atoms with Crippen LogP contribution in [0.3, 0.4) is 0 Å². The molecule has 0 saturated carbocycles. The van der Waals surface area contributed by atoms with E-state index in [9.17, 15) is 9.90 Å². The molecule has 0 atom stereocenters. The van der Waals surface area contributed by atoms with Gasteiger partial charge in [0.15, 0.2) is 5.60 Å². The molecule has 3 aromatic rings. The molecule has 1 fully saturated rings. The largest absolute Gasteiger partial charge is 0.508 e. The predicted molar refractivity (Wildman–Crippen MR) is 106 cm³/mol. The van der Waals surface area contributed by atoms with Crippen molar-refractivity contribution in [2.75, 3.05) is 13.1 Å². The zero-order valence-electron chi connectivity index (χ0n) is 15.8. The highest BCUT2D eigenvalue weighted by Crippen LogP contribution is 2.45. The van der Waals surface area contributed by atoms with E-state index < -0.39 is 5.60 Å². The van der Waals surface area contributed by atoms with Crippen LogP contribution in [0.1, 0.15) is 34.5 Å². The molecule has 0 aliphatic carbocycles. The normalized spacial score (nSPS) is 17.0. The summed E-state index contributed by atoms with van der Waals surface area (Å²) < 4.78 is 8.73. The highest BCUT2D eigenvalue weighted by atomic mass is 16.5. The van der Waals surface area contributed by atoms with Crippen LogP contribution in [0.15, 0.2) is 60.8 Å². The summed E-state index contributed by atoms with van der Waals surface area (Å²) in [5, 5.41) is 9.71. The van der Waals surface area contributed by atoms with Crippen molar-refractivity contribution in [2.45, 2.75) is 25.4 Å². The number of aromatic hydroxyl groups is 1. The van der Waals surface area contributed by atoms with Crippen molar-refractivity contribution < 1.29 is 14.6 Å². The quantitative estimate of drug-likeness (QED) is 0.700. The van der Waals surface area contributed by atoms with Gasteiger partial charge in [-0.25, -0.2) is 0 Å². The highest BCUT2D eigenvalue weighted by Gasteiger charge is 2.44. The zero-order valence-corrected chi connectivity index (χ0v) is 15.8. The number of rotatable bonds is 1. The Hall–Kier alpha value is -3.21. The van der Waals surface area contributed by atoms with Gasteiger partial charge in [-0.1, -0.05) is 12.1 Å². The SMILES string of the molecule is Cc1cc(C(=O)N2CCC3(CC2)Oc2ccccc2-n2cccc23)ccc1O. The predicted octanol–water partition coefficient (Wildman–Crippen LogP) is 4.02. The maximum Gasteiger partial charge on any atom is 0.253 e. The van der Waals surface area contributed by atoms with Gasteiger partial charge in [-0.2, -0.15) is 0 Å². The Labute approximate surface area is 163 Å². The molecule has 1 saturated heterocycles. The fraction of sp³-hybridized carbons (Fsp3) is 0.261. The van der Waals surface area contributed by atoms with E-state index in [-0.39, 0.29) is 11.7 Å². The third-order valence-corrected chi connectivity index (χ3v) is 5.95. The number of nitrogens with zero attached hydrogens (tertiary/aromatic N) is 2. The number of carbonyl (C=O) groups is 1. The van der Waals surface area contributed by atoms with Gasteiger partial charge in [0.05, 0.1) is 11.4 Å². The average molecular weight is 374 g/mol. The first-order valence-electron chi connectivity index (χ1n) is 9.63. The first kappa shape index (κ1) is 16.9. The van der Waals surface area contributed by atoms with Gasteiger partial charge < -0.3 is 19.3 Å². The molecular formula is C23H22N2O3. The van der Waals surface area contributed by atoms with Crippen LogP contribution in [0.5, 0.6) is 11.5 Å². The molecule has 0 unspecified atom stereocenters. The number of aromatic nitrogens is 1. The Morgan fingerprint density at radius 2 is 1.86 bits per heavy atom. The fourth-order valence-electron chi connectivity index (χ4n) is 4.37. The van der Waals surface area contributed by atoms with Gasteiger partial charge in [0.25, 0.3) is 5.91 Å². The molecule has 5 nitrogen and oxygen atoms in total. The van der Waals surface area contributed by atoms with E-state index in [1.54, 1.807) is 25.1 Å². The lowest BCUT2D eigenvalue weighted by molar-refractivity contribution is -0.00931. The summed E-state index contributed by atoms with van der Waals surface area (Å²) in [5.74, 6) is 1.11. The molecule has 2 aliphatic heterocycles. The monoisotopic (exact) mass is 374 g/mol. The summed E-state index contributed by atoms with van der Waals surface area (Å²) >= 11 is 0. The van der Waals surface area contributed by atoms with Crippen LogP contribution in [0, 0.1) is 6.92 Å². The molecule has 5 heteroatoms. The van der Waals surface area contributed by atoms with Crippen LogP contribution >= 0.6 is 0 Å². The minimum Gasteiger partial charge on any atom is -0.508 e. The van der Waals surface area contributed by atoms with Crippen molar-refractivity contribution in [3.05, 3.63) is 77.6 Å². The number of ether oxygens (including phenoxy) is 1. The van der Waals surface area contributed by atoms with Gasteiger partial charge in [-0.15, -0.1) is 0 Å².